The van der Waals surface area contributed by atoms with Gasteiger partial charge in [-0.3, -0.25) is 4.40 Å². The molecule has 3 aromatic rings. The predicted molar refractivity (Wildman–Crippen MR) is 111 cm³/mol. The molecule has 1 unspecified atom stereocenters. The molecule has 1 aliphatic heterocycles. The summed E-state index contributed by atoms with van der Waals surface area (Å²) in [6.07, 6.45) is 3.53. The number of nitrogens with zero attached hydrogens (tertiary/aromatic N) is 4. The molecule has 29 heavy (non-hydrogen) atoms. The Balaban J connectivity index is 1.65. The number of ether oxygens (including phenoxy) is 2. The summed E-state index contributed by atoms with van der Waals surface area (Å²) in [7, 11) is 3.21. The second-order valence-electron chi connectivity index (χ2n) is 6.69. The van der Waals surface area contributed by atoms with Crippen LogP contribution in [-0.2, 0) is 0 Å². The van der Waals surface area contributed by atoms with Gasteiger partial charge in [-0.15, -0.1) is 0 Å². The summed E-state index contributed by atoms with van der Waals surface area (Å²) in [4.78, 5) is 22.2. The van der Waals surface area contributed by atoms with E-state index in [-0.39, 0.29) is 6.04 Å². The van der Waals surface area contributed by atoms with E-state index in [9.17, 15) is 4.79 Å². The average Bonchev–Trinajstić information content (AvgIpc) is 3.33. The van der Waals surface area contributed by atoms with Gasteiger partial charge in [0.15, 0.2) is 0 Å². The molecule has 1 saturated heterocycles. The molecule has 3 heterocycles. The molecule has 0 spiro atoms. The van der Waals surface area contributed by atoms with E-state index in [0.717, 1.165) is 34.5 Å². The molecule has 1 aliphatic rings. The summed E-state index contributed by atoms with van der Waals surface area (Å²) in [5.74, 6) is 2.65. The normalized spacial score (nSPS) is 16.2. The van der Waals surface area contributed by atoms with Gasteiger partial charge < -0.3 is 24.8 Å². The maximum atomic E-state index is 10.8. The topological polar surface area (TPSA) is 101 Å². The monoisotopic (exact) mass is 461 g/mol. The number of carboxylic acid groups (broad SMARTS) is 1. The Labute approximate surface area is 175 Å². The molecule has 152 valence electrons. The van der Waals surface area contributed by atoms with Crippen LogP contribution in [0.5, 0.6) is 11.5 Å². The van der Waals surface area contributed by atoms with Crippen molar-refractivity contribution in [3.05, 3.63) is 35.1 Å². The molecule has 2 N–H and O–H groups in total. The molecule has 4 rings (SSSR count). The van der Waals surface area contributed by atoms with Crippen molar-refractivity contribution in [1.29, 1.82) is 0 Å². The minimum Gasteiger partial charge on any atom is -0.496 e. The van der Waals surface area contributed by atoms with Crippen molar-refractivity contribution in [3.8, 4) is 22.8 Å². The molecule has 0 saturated carbocycles. The van der Waals surface area contributed by atoms with Gasteiger partial charge >= 0.3 is 6.09 Å². The fraction of sp³-hybridized carbons (Fsp3) is 0.316. The highest BCUT2D eigenvalue weighted by Gasteiger charge is 2.25. The number of nitrogens with one attached hydrogen (secondary N) is 1. The Morgan fingerprint density at radius 2 is 2.07 bits per heavy atom. The van der Waals surface area contributed by atoms with Crippen LogP contribution in [0.4, 0.5) is 10.6 Å². The van der Waals surface area contributed by atoms with Crippen LogP contribution in [0, 0.1) is 0 Å². The number of aromatic nitrogens is 3. The largest absolute Gasteiger partial charge is 0.496 e. The smallest absolute Gasteiger partial charge is 0.404 e. The van der Waals surface area contributed by atoms with Crippen molar-refractivity contribution in [2.75, 3.05) is 32.2 Å². The number of amides is 1. The van der Waals surface area contributed by atoms with E-state index in [1.807, 2.05) is 35.0 Å². The fourth-order valence-corrected chi connectivity index (χ4v) is 4.00. The van der Waals surface area contributed by atoms with Crippen LogP contribution in [0.2, 0.25) is 0 Å². The van der Waals surface area contributed by atoms with Gasteiger partial charge in [-0.25, -0.2) is 9.78 Å². The number of halogens is 1. The predicted octanol–water partition coefficient (Wildman–Crippen LogP) is 3.02. The summed E-state index contributed by atoms with van der Waals surface area (Å²) >= 11 is 3.51. The summed E-state index contributed by atoms with van der Waals surface area (Å²) in [6.45, 7) is 1.32. The summed E-state index contributed by atoms with van der Waals surface area (Å²) in [6, 6.07) is 5.52. The van der Waals surface area contributed by atoms with Crippen molar-refractivity contribution in [2.45, 2.75) is 12.5 Å². The van der Waals surface area contributed by atoms with Crippen LogP contribution >= 0.6 is 15.9 Å². The standard InChI is InChI=1S/C19H20BrN5O4/c1-28-15-8-16(29-2)13(20)7-12(15)14-10-25-6-4-17(23-18(25)22-14)24-5-3-11(9-24)21-19(26)27/h4,6-8,10-11,21H,3,5,9H2,1-2H3,(H,26,27). The third-order valence-corrected chi connectivity index (χ3v) is 5.52. The van der Waals surface area contributed by atoms with Crippen molar-refractivity contribution in [3.63, 3.8) is 0 Å². The number of hydrogen-bond donors (Lipinski definition) is 2. The fourth-order valence-electron chi connectivity index (χ4n) is 3.49. The van der Waals surface area contributed by atoms with E-state index in [0.29, 0.717) is 23.8 Å². The van der Waals surface area contributed by atoms with Gasteiger partial charge in [0.1, 0.15) is 17.3 Å². The van der Waals surface area contributed by atoms with Crippen LogP contribution in [0.25, 0.3) is 17.0 Å². The van der Waals surface area contributed by atoms with Gasteiger partial charge in [-0.2, -0.15) is 4.98 Å². The Hall–Kier alpha value is -3.01. The first kappa shape index (κ1) is 19.3. The minimum atomic E-state index is -1.00. The molecule has 1 aromatic carbocycles. The molecule has 9 nitrogen and oxygen atoms in total. The highest BCUT2D eigenvalue weighted by molar-refractivity contribution is 9.10. The third-order valence-electron chi connectivity index (χ3n) is 4.90. The second-order valence-corrected chi connectivity index (χ2v) is 7.54. The average molecular weight is 462 g/mol. The van der Waals surface area contributed by atoms with Gasteiger partial charge in [-0.1, -0.05) is 0 Å². The van der Waals surface area contributed by atoms with Gasteiger partial charge in [0.25, 0.3) is 0 Å². The third kappa shape index (κ3) is 3.80. The first-order valence-electron chi connectivity index (χ1n) is 9.00. The maximum absolute atomic E-state index is 10.8. The Bertz CT molecular complexity index is 1070. The molecular formula is C19H20BrN5O4. The Kier molecular flexibility index (Phi) is 5.18. The van der Waals surface area contributed by atoms with E-state index in [1.165, 1.54) is 0 Å². The molecule has 0 bridgehead atoms. The van der Waals surface area contributed by atoms with E-state index in [1.54, 1.807) is 14.2 Å². The molecular weight excluding hydrogens is 442 g/mol. The highest BCUT2D eigenvalue weighted by atomic mass is 79.9. The lowest BCUT2D eigenvalue weighted by molar-refractivity contribution is 0.191. The van der Waals surface area contributed by atoms with E-state index < -0.39 is 6.09 Å². The number of rotatable bonds is 5. The van der Waals surface area contributed by atoms with E-state index in [2.05, 4.69) is 36.1 Å². The second kappa shape index (κ2) is 7.78. The number of fused-ring (bicyclic) bond motifs is 1. The molecule has 10 heteroatoms. The lowest BCUT2D eigenvalue weighted by Gasteiger charge is -2.17. The zero-order valence-corrected chi connectivity index (χ0v) is 17.5. The number of carbonyl (C=O) groups is 1. The molecule has 1 atom stereocenters. The lowest BCUT2D eigenvalue weighted by atomic mass is 10.1. The molecule has 1 fully saturated rings. The van der Waals surface area contributed by atoms with Crippen molar-refractivity contribution in [1.82, 2.24) is 19.7 Å². The summed E-state index contributed by atoms with van der Waals surface area (Å²) in [5, 5.41) is 11.4. The quantitative estimate of drug-likeness (QED) is 0.601. The van der Waals surface area contributed by atoms with E-state index in [4.69, 9.17) is 14.6 Å². The van der Waals surface area contributed by atoms with Crippen LogP contribution in [0.1, 0.15) is 6.42 Å². The first-order chi connectivity index (χ1) is 14.0. The van der Waals surface area contributed by atoms with Crippen molar-refractivity contribution < 1.29 is 19.4 Å². The molecule has 0 aliphatic carbocycles. The molecule has 0 radical (unpaired) electrons. The SMILES string of the molecule is COc1cc(OC)c(-c2cn3ccc(N4CCC(NC(=O)O)C4)nc3n2)cc1Br. The van der Waals surface area contributed by atoms with Gasteiger partial charge in [-0.05, 0) is 34.5 Å². The zero-order valence-electron chi connectivity index (χ0n) is 15.9. The maximum Gasteiger partial charge on any atom is 0.404 e. The lowest BCUT2D eigenvalue weighted by Crippen LogP contribution is -2.36. The van der Waals surface area contributed by atoms with E-state index >= 15 is 0 Å². The van der Waals surface area contributed by atoms with Crippen molar-refractivity contribution >= 4 is 33.6 Å². The van der Waals surface area contributed by atoms with Crippen LogP contribution in [-0.4, -0.2) is 58.9 Å². The van der Waals surface area contributed by atoms with Crippen LogP contribution in [0.15, 0.2) is 35.1 Å². The zero-order chi connectivity index (χ0) is 20.5. The number of methoxy groups -OCH3 is 2. The van der Waals surface area contributed by atoms with Crippen LogP contribution < -0.4 is 19.7 Å². The summed E-state index contributed by atoms with van der Waals surface area (Å²) in [5.41, 5.74) is 1.54. The Morgan fingerprint density at radius 3 is 2.79 bits per heavy atom. The van der Waals surface area contributed by atoms with Gasteiger partial charge in [0.05, 0.1) is 30.4 Å². The number of imidazole rings is 1. The highest BCUT2D eigenvalue weighted by Crippen LogP contribution is 2.38. The minimum absolute atomic E-state index is 0.0956. The first-order valence-corrected chi connectivity index (χ1v) is 9.80. The van der Waals surface area contributed by atoms with Gasteiger partial charge in [0.2, 0.25) is 5.78 Å². The number of benzene rings is 1. The van der Waals surface area contributed by atoms with Crippen molar-refractivity contribution in [2.24, 2.45) is 0 Å². The molecule has 1 amide bonds. The van der Waals surface area contributed by atoms with Crippen LogP contribution in [0.3, 0.4) is 0 Å². The Morgan fingerprint density at radius 1 is 1.28 bits per heavy atom. The summed E-state index contributed by atoms with van der Waals surface area (Å²) < 4.78 is 13.5. The van der Waals surface area contributed by atoms with Gasteiger partial charge in [0, 0.05) is 37.1 Å². The molecule has 2 aromatic heterocycles. The number of hydrogen-bond acceptors (Lipinski definition) is 6. The number of anilines is 1.